The number of carboxylic acids is 1. The van der Waals surface area contributed by atoms with Crippen molar-refractivity contribution in [3.05, 3.63) is 60.8 Å². The summed E-state index contributed by atoms with van der Waals surface area (Å²) in [7, 11) is 5.52. The third kappa shape index (κ3) is 44.2. The fourth-order valence-electron chi connectivity index (χ4n) is 7.66. The van der Waals surface area contributed by atoms with E-state index >= 15 is 0 Å². The van der Waals surface area contributed by atoms with E-state index < -0.39 is 18.1 Å². The minimum absolute atomic E-state index is 0.0436. The Kier molecular flexibility index (Phi) is 44.4. The minimum atomic E-state index is -0.881. The first kappa shape index (κ1) is 61.0. The van der Waals surface area contributed by atoms with E-state index in [-0.39, 0.29) is 42.7 Å². The van der Waals surface area contributed by atoms with Crippen LogP contribution in [0.4, 0.5) is 0 Å². The summed E-state index contributed by atoms with van der Waals surface area (Å²) in [5.41, 5.74) is 0. The summed E-state index contributed by atoms with van der Waals surface area (Å²) in [4.78, 5) is 37.1. The molecule has 0 saturated carbocycles. The van der Waals surface area contributed by atoms with Crippen LogP contribution in [0.2, 0.25) is 0 Å². The van der Waals surface area contributed by atoms with Crippen LogP contribution in [0.5, 0.6) is 0 Å². The Morgan fingerprint density at radius 2 is 0.875 bits per heavy atom. The molecule has 8 heteroatoms. The quantitative estimate of drug-likeness (QED) is 0.0281. The molecule has 1 N–H and O–H groups in total. The largest absolute Gasteiger partial charge is 0.477 e. The van der Waals surface area contributed by atoms with Gasteiger partial charge in [-0.05, 0) is 51.4 Å². The van der Waals surface area contributed by atoms with Gasteiger partial charge in [-0.25, -0.2) is 4.79 Å². The summed E-state index contributed by atoms with van der Waals surface area (Å²) in [5, 5.41) is 9.65. The molecule has 0 aliphatic rings. The first-order valence-corrected chi connectivity index (χ1v) is 26.3. The van der Waals surface area contributed by atoms with Gasteiger partial charge in [-0.3, -0.25) is 9.59 Å². The van der Waals surface area contributed by atoms with Gasteiger partial charge in [0.25, 0.3) is 0 Å². The highest BCUT2D eigenvalue weighted by atomic mass is 16.6. The summed E-state index contributed by atoms with van der Waals surface area (Å²) in [5.74, 6) is -1.53. The van der Waals surface area contributed by atoms with Crippen molar-refractivity contribution in [2.75, 3.05) is 41.0 Å². The number of carboxylic acid groups (broad SMARTS) is 1. The number of ether oxygens (including phenoxy) is 3. The zero-order chi connectivity index (χ0) is 47.0. The number of hydrogen-bond donors (Lipinski definition) is 1. The highest BCUT2D eigenvalue weighted by Crippen LogP contribution is 2.16. The number of likely N-dealkylation sites (N-methyl/N-ethyl adjacent to an activating group) is 1. The topological polar surface area (TPSA) is 99.1 Å². The van der Waals surface area contributed by atoms with Crippen LogP contribution in [-0.4, -0.2) is 80.6 Å². The molecule has 0 saturated heterocycles. The predicted octanol–water partition coefficient (Wildman–Crippen LogP) is 15.3. The fraction of sp³-hybridized carbons (Fsp3) is 0.768. The van der Waals surface area contributed by atoms with Crippen LogP contribution in [0.1, 0.15) is 226 Å². The number of allylic oxidation sites excluding steroid dienone is 10. The molecule has 0 aromatic rings. The molecule has 2 atom stereocenters. The van der Waals surface area contributed by atoms with Crippen molar-refractivity contribution in [1.82, 2.24) is 0 Å². The normalized spacial score (nSPS) is 13.3. The molecule has 0 aliphatic carbocycles. The van der Waals surface area contributed by atoms with Gasteiger partial charge in [-0.2, -0.15) is 0 Å². The minimum Gasteiger partial charge on any atom is -0.477 e. The summed E-state index contributed by atoms with van der Waals surface area (Å²) in [6, 6.07) is -0.624. The van der Waals surface area contributed by atoms with Crippen LogP contribution in [0.15, 0.2) is 60.8 Å². The van der Waals surface area contributed by atoms with E-state index in [0.29, 0.717) is 19.3 Å². The number of aliphatic carboxylic acids is 1. The van der Waals surface area contributed by atoms with Gasteiger partial charge in [-0.15, -0.1) is 0 Å². The maximum absolute atomic E-state index is 12.8. The van der Waals surface area contributed by atoms with Crippen LogP contribution in [0.25, 0.3) is 0 Å². The summed E-state index contributed by atoms with van der Waals surface area (Å²) in [6.45, 7) is 4.59. The average Bonchev–Trinajstić information content (AvgIpc) is 3.26. The van der Waals surface area contributed by atoms with Crippen LogP contribution in [0, 0.1) is 0 Å². The number of hydrogen-bond acceptors (Lipinski definition) is 6. The average molecular weight is 899 g/mol. The van der Waals surface area contributed by atoms with Crippen molar-refractivity contribution in [3.63, 3.8) is 0 Å². The Morgan fingerprint density at radius 3 is 1.28 bits per heavy atom. The number of carbonyl (C=O) groups is 3. The summed E-state index contributed by atoms with van der Waals surface area (Å²) in [6.07, 6.45) is 58.6. The molecule has 2 unspecified atom stereocenters. The molecule has 0 aromatic carbocycles. The van der Waals surface area contributed by atoms with Crippen LogP contribution >= 0.6 is 0 Å². The molecule has 0 spiro atoms. The third-order valence-corrected chi connectivity index (χ3v) is 11.7. The molecular formula is C56H100NO7+. The third-order valence-electron chi connectivity index (χ3n) is 11.7. The van der Waals surface area contributed by atoms with Gasteiger partial charge in [-0.1, -0.05) is 216 Å². The first-order valence-electron chi connectivity index (χ1n) is 26.3. The first-order chi connectivity index (χ1) is 31.1. The summed E-state index contributed by atoms with van der Waals surface area (Å²) < 4.78 is 17.3. The zero-order valence-electron chi connectivity index (χ0n) is 42.2. The number of quaternary nitrogens is 1. The second-order valence-corrected chi connectivity index (χ2v) is 18.8. The smallest absolute Gasteiger partial charge is 0.362 e. The number of carbonyl (C=O) groups excluding carboxylic acids is 2. The number of esters is 2. The Morgan fingerprint density at radius 1 is 0.484 bits per heavy atom. The predicted molar refractivity (Wildman–Crippen MR) is 271 cm³/mol. The Balaban J connectivity index is 4.26. The molecule has 370 valence electrons. The van der Waals surface area contributed by atoms with Crippen molar-refractivity contribution in [2.24, 2.45) is 0 Å². The molecular weight excluding hydrogens is 799 g/mol. The van der Waals surface area contributed by atoms with Crippen LogP contribution in [0.3, 0.4) is 0 Å². The van der Waals surface area contributed by atoms with E-state index in [2.05, 4.69) is 74.6 Å². The molecule has 8 nitrogen and oxygen atoms in total. The number of rotatable bonds is 47. The lowest BCUT2D eigenvalue weighted by molar-refractivity contribution is -0.887. The lowest BCUT2D eigenvalue weighted by Gasteiger charge is -2.31. The highest BCUT2D eigenvalue weighted by Gasteiger charge is 2.31. The lowest BCUT2D eigenvalue weighted by Crippen LogP contribution is -2.50. The van der Waals surface area contributed by atoms with Crippen molar-refractivity contribution in [3.8, 4) is 0 Å². The van der Waals surface area contributed by atoms with Gasteiger partial charge in [0.1, 0.15) is 6.61 Å². The number of unbranched alkanes of at least 4 members (excludes halogenated alkanes) is 23. The highest BCUT2D eigenvalue weighted by molar-refractivity contribution is 5.72. The van der Waals surface area contributed by atoms with E-state index in [4.69, 9.17) is 14.2 Å². The zero-order valence-corrected chi connectivity index (χ0v) is 42.2. The second kappa shape index (κ2) is 46.6. The van der Waals surface area contributed by atoms with E-state index in [1.807, 2.05) is 21.1 Å². The van der Waals surface area contributed by atoms with Crippen molar-refractivity contribution < 1.29 is 38.2 Å². The molecule has 0 bridgehead atoms. The maximum atomic E-state index is 12.8. The molecule has 0 radical (unpaired) electrons. The Bertz CT molecular complexity index is 1230. The van der Waals surface area contributed by atoms with Gasteiger partial charge >= 0.3 is 17.9 Å². The molecule has 64 heavy (non-hydrogen) atoms. The fourth-order valence-corrected chi connectivity index (χ4v) is 7.66. The van der Waals surface area contributed by atoms with E-state index in [0.717, 1.165) is 57.8 Å². The monoisotopic (exact) mass is 899 g/mol. The van der Waals surface area contributed by atoms with Gasteiger partial charge in [0.05, 0.1) is 34.4 Å². The molecule has 0 aromatic heterocycles. The maximum Gasteiger partial charge on any atom is 0.362 e. The molecule has 0 aliphatic heterocycles. The van der Waals surface area contributed by atoms with Crippen molar-refractivity contribution in [1.29, 1.82) is 0 Å². The van der Waals surface area contributed by atoms with E-state index in [1.165, 1.54) is 128 Å². The Labute approximate surface area is 394 Å². The van der Waals surface area contributed by atoms with Crippen molar-refractivity contribution >= 4 is 17.9 Å². The summed E-state index contributed by atoms with van der Waals surface area (Å²) >= 11 is 0. The standard InChI is InChI=1S/C56H99NO7/c1-6-8-10-12-14-16-18-20-22-24-25-26-27-28-29-31-33-35-37-39-41-43-45-47-55(59)64-52(50-62-49-48-53(56(60)61)57(3,4)5)51-63-54(58)46-44-42-40-38-36-34-32-30-23-21-19-17-15-13-11-9-7-2/h9,11,15,17,21,23,32,34,38,40,52-53H,6-8,10,12-14,16,18-20,22,24-31,33,35-37,39,41-51H2,1-5H3/p+1/b11-9+,17-15+,23-21+,34-32+,40-38+. The van der Waals surface area contributed by atoms with Crippen LogP contribution < -0.4 is 0 Å². The van der Waals surface area contributed by atoms with Gasteiger partial charge < -0.3 is 23.8 Å². The van der Waals surface area contributed by atoms with Gasteiger partial charge in [0.2, 0.25) is 0 Å². The van der Waals surface area contributed by atoms with Crippen molar-refractivity contribution in [2.45, 2.75) is 238 Å². The SMILES string of the molecule is CC/C=C/C/C=C/C/C=C/C/C=C/C/C=C/CCCC(=O)OCC(COCCC(C(=O)O)[N+](C)(C)C)OC(=O)CCCCCCCCCCCCCCCCCCCCCCCCC. The molecule has 0 amide bonds. The lowest BCUT2D eigenvalue weighted by atomic mass is 10.0. The van der Waals surface area contributed by atoms with Gasteiger partial charge in [0, 0.05) is 19.3 Å². The molecule has 0 heterocycles. The molecule has 0 fully saturated rings. The van der Waals surface area contributed by atoms with Crippen LogP contribution in [-0.2, 0) is 28.6 Å². The van der Waals surface area contributed by atoms with E-state index in [1.54, 1.807) is 0 Å². The Hall–Kier alpha value is -2.97. The number of nitrogens with zero attached hydrogens (tertiary/aromatic N) is 1. The van der Waals surface area contributed by atoms with Gasteiger partial charge in [0.15, 0.2) is 12.1 Å². The van der Waals surface area contributed by atoms with E-state index in [9.17, 15) is 19.5 Å². The second-order valence-electron chi connectivity index (χ2n) is 18.8. The molecule has 0 rings (SSSR count).